The molecule has 0 saturated heterocycles. The second kappa shape index (κ2) is 7.43. The Labute approximate surface area is 149 Å². The first kappa shape index (κ1) is 17.7. The number of halogens is 2. The smallest absolute Gasteiger partial charge is 0.333 e. The van der Waals surface area contributed by atoms with E-state index in [0.29, 0.717) is 4.68 Å². The molecule has 0 bridgehead atoms. The molecule has 1 atom stereocenters. The molecule has 1 N–H and O–H groups in total. The van der Waals surface area contributed by atoms with Crippen molar-refractivity contribution < 1.29 is 13.6 Å². The third-order valence-corrected chi connectivity index (χ3v) is 4.25. The third-order valence-electron chi connectivity index (χ3n) is 4.25. The fourth-order valence-electron chi connectivity index (χ4n) is 2.70. The van der Waals surface area contributed by atoms with Crippen LogP contribution < -0.4 is 5.32 Å². The van der Waals surface area contributed by atoms with Gasteiger partial charge in [0.1, 0.15) is 5.69 Å². The first-order chi connectivity index (χ1) is 12.5. The van der Waals surface area contributed by atoms with Crippen LogP contribution in [-0.4, -0.2) is 20.7 Å². The summed E-state index contributed by atoms with van der Waals surface area (Å²) in [6, 6.07) is 10.2. The molecule has 0 spiro atoms. The maximum absolute atomic E-state index is 13.0. The fraction of sp³-hybridized carbons (Fsp3) is 0.211. The number of hydrogen-bond acceptors (Lipinski definition) is 3. The predicted octanol–water partition coefficient (Wildman–Crippen LogP) is 3.81. The standard InChI is InChI=1S/C19H18F2N4O/c1-12-5-6-14(10-13(12)2)17(15-4-3-8-22-11-15)24-18(26)16-7-9-23-25(16)19(20)21/h3-11,17,19H,1-2H3,(H,24,26)/t17-/m1/s1. The number of alkyl halides is 2. The lowest BCUT2D eigenvalue weighted by Gasteiger charge is -2.20. The summed E-state index contributed by atoms with van der Waals surface area (Å²) < 4.78 is 26.4. The van der Waals surface area contributed by atoms with E-state index in [1.807, 2.05) is 38.1 Å². The Kier molecular flexibility index (Phi) is 5.06. The highest BCUT2D eigenvalue weighted by Gasteiger charge is 2.23. The predicted molar refractivity (Wildman–Crippen MR) is 92.9 cm³/mol. The van der Waals surface area contributed by atoms with Crippen LogP contribution >= 0.6 is 0 Å². The number of benzene rings is 1. The number of carbonyl (C=O) groups excluding carboxylic acids is 1. The normalized spacial score (nSPS) is 12.2. The van der Waals surface area contributed by atoms with Crippen LogP contribution in [-0.2, 0) is 0 Å². The van der Waals surface area contributed by atoms with Gasteiger partial charge in [-0.1, -0.05) is 24.3 Å². The van der Waals surface area contributed by atoms with Gasteiger partial charge in [0.15, 0.2) is 0 Å². The van der Waals surface area contributed by atoms with Gasteiger partial charge in [-0.15, -0.1) is 0 Å². The second-order valence-corrected chi connectivity index (χ2v) is 5.98. The lowest BCUT2D eigenvalue weighted by molar-refractivity contribution is 0.0508. The molecular weight excluding hydrogens is 338 g/mol. The number of aryl methyl sites for hydroxylation is 2. The van der Waals surface area contributed by atoms with E-state index in [0.717, 1.165) is 22.3 Å². The van der Waals surface area contributed by atoms with Crippen molar-refractivity contribution in [1.82, 2.24) is 20.1 Å². The van der Waals surface area contributed by atoms with Crippen LogP contribution in [0.4, 0.5) is 8.78 Å². The van der Waals surface area contributed by atoms with Gasteiger partial charge in [-0.05, 0) is 48.2 Å². The largest absolute Gasteiger partial charge is 0.340 e. The molecule has 2 heterocycles. The Morgan fingerprint density at radius 2 is 1.88 bits per heavy atom. The highest BCUT2D eigenvalue weighted by molar-refractivity contribution is 5.93. The van der Waals surface area contributed by atoms with Crippen molar-refractivity contribution in [2.45, 2.75) is 26.4 Å². The summed E-state index contributed by atoms with van der Waals surface area (Å²) in [5.41, 5.74) is 3.60. The first-order valence-electron chi connectivity index (χ1n) is 8.07. The molecule has 3 aromatic rings. The van der Waals surface area contributed by atoms with Crippen molar-refractivity contribution in [2.24, 2.45) is 0 Å². The Morgan fingerprint density at radius 1 is 1.08 bits per heavy atom. The van der Waals surface area contributed by atoms with Crippen molar-refractivity contribution in [3.8, 4) is 0 Å². The van der Waals surface area contributed by atoms with Gasteiger partial charge < -0.3 is 5.32 Å². The molecule has 0 fully saturated rings. The molecule has 0 aliphatic carbocycles. The van der Waals surface area contributed by atoms with E-state index >= 15 is 0 Å². The zero-order valence-electron chi connectivity index (χ0n) is 14.4. The Balaban J connectivity index is 1.97. The van der Waals surface area contributed by atoms with Gasteiger partial charge in [-0.25, -0.2) is 0 Å². The van der Waals surface area contributed by atoms with Crippen LogP contribution in [0.15, 0.2) is 55.0 Å². The van der Waals surface area contributed by atoms with Crippen molar-refractivity contribution >= 4 is 5.91 Å². The average molecular weight is 356 g/mol. The maximum atomic E-state index is 13.0. The van der Waals surface area contributed by atoms with Gasteiger partial charge in [-0.2, -0.15) is 18.6 Å². The van der Waals surface area contributed by atoms with E-state index < -0.39 is 18.5 Å². The van der Waals surface area contributed by atoms with Gasteiger partial charge in [0.25, 0.3) is 5.91 Å². The Morgan fingerprint density at radius 3 is 2.54 bits per heavy atom. The number of hydrogen-bond donors (Lipinski definition) is 1. The minimum Gasteiger partial charge on any atom is -0.340 e. The molecule has 26 heavy (non-hydrogen) atoms. The quantitative estimate of drug-likeness (QED) is 0.756. The highest BCUT2D eigenvalue weighted by atomic mass is 19.3. The molecule has 0 aliphatic heterocycles. The Bertz CT molecular complexity index is 909. The van der Waals surface area contributed by atoms with E-state index in [1.54, 1.807) is 18.5 Å². The summed E-state index contributed by atoms with van der Waals surface area (Å²) in [6.45, 7) is 1.09. The summed E-state index contributed by atoms with van der Waals surface area (Å²) in [6.07, 6.45) is 4.45. The fourth-order valence-corrected chi connectivity index (χ4v) is 2.70. The van der Waals surface area contributed by atoms with Gasteiger partial charge in [0.2, 0.25) is 0 Å². The summed E-state index contributed by atoms with van der Waals surface area (Å²) >= 11 is 0. The molecule has 5 nitrogen and oxygen atoms in total. The van der Waals surface area contributed by atoms with Gasteiger partial charge in [-0.3, -0.25) is 9.78 Å². The van der Waals surface area contributed by atoms with E-state index in [1.165, 1.54) is 12.3 Å². The van der Waals surface area contributed by atoms with E-state index in [4.69, 9.17) is 0 Å². The number of nitrogens with one attached hydrogen (secondary N) is 1. The number of nitrogens with zero attached hydrogens (tertiary/aromatic N) is 3. The van der Waals surface area contributed by atoms with Crippen LogP contribution in [0.2, 0.25) is 0 Å². The van der Waals surface area contributed by atoms with Gasteiger partial charge in [0.05, 0.1) is 6.04 Å². The van der Waals surface area contributed by atoms with Crippen LogP contribution in [0, 0.1) is 13.8 Å². The minimum absolute atomic E-state index is 0.197. The van der Waals surface area contributed by atoms with Gasteiger partial charge in [0, 0.05) is 18.6 Å². The molecule has 3 rings (SSSR count). The lowest BCUT2D eigenvalue weighted by Crippen LogP contribution is -2.31. The molecular formula is C19H18F2N4O. The zero-order valence-corrected chi connectivity index (χ0v) is 14.4. The van der Waals surface area contributed by atoms with E-state index in [-0.39, 0.29) is 5.69 Å². The second-order valence-electron chi connectivity index (χ2n) is 5.98. The maximum Gasteiger partial charge on any atom is 0.333 e. The van der Waals surface area contributed by atoms with Crippen molar-refractivity contribution in [1.29, 1.82) is 0 Å². The molecule has 0 radical (unpaired) electrons. The molecule has 0 unspecified atom stereocenters. The molecule has 0 aliphatic rings. The van der Waals surface area contributed by atoms with Crippen molar-refractivity contribution in [3.63, 3.8) is 0 Å². The molecule has 7 heteroatoms. The van der Waals surface area contributed by atoms with Crippen LogP contribution in [0.5, 0.6) is 0 Å². The number of carbonyl (C=O) groups is 1. The minimum atomic E-state index is -2.88. The van der Waals surface area contributed by atoms with Crippen LogP contribution in [0.1, 0.15) is 45.3 Å². The Hall–Kier alpha value is -3.09. The third kappa shape index (κ3) is 3.61. The summed E-state index contributed by atoms with van der Waals surface area (Å²) in [4.78, 5) is 16.7. The summed E-state index contributed by atoms with van der Waals surface area (Å²) in [5.74, 6) is -0.630. The summed E-state index contributed by atoms with van der Waals surface area (Å²) in [7, 11) is 0. The zero-order chi connectivity index (χ0) is 18.7. The van der Waals surface area contributed by atoms with Crippen molar-refractivity contribution in [3.05, 3.63) is 82.9 Å². The molecule has 134 valence electrons. The lowest BCUT2D eigenvalue weighted by atomic mass is 9.96. The average Bonchev–Trinajstić information content (AvgIpc) is 3.13. The van der Waals surface area contributed by atoms with Crippen LogP contribution in [0.3, 0.4) is 0 Å². The first-order valence-corrected chi connectivity index (χ1v) is 8.07. The highest BCUT2D eigenvalue weighted by Crippen LogP contribution is 2.24. The molecule has 2 aromatic heterocycles. The molecule has 0 saturated carbocycles. The number of aromatic nitrogens is 3. The van der Waals surface area contributed by atoms with E-state index in [2.05, 4.69) is 15.4 Å². The van der Waals surface area contributed by atoms with E-state index in [9.17, 15) is 13.6 Å². The number of rotatable bonds is 5. The number of amides is 1. The molecule has 1 aromatic carbocycles. The monoisotopic (exact) mass is 356 g/mol. The van der Waals surface area contributed by atoms with Crippen LogP contribution in [0.25, 0.3) is 0 Å². The number of pyridine rings is 1. The molecule has 1 amide bonds. The van der Waals surface area contributed by atoms with Crippen molar-refractivity contribution in [2.75, 3.05) is 0 Å². The SMILES string of the molecule is Cc1ccc([C@@H](NC(=O)c2ccnn2C(F)F)c2cccnc2)cc1C. The summed E-state index contributed by atoms with van der Waals surface area (Å²) in [5, 5.41) is 6.33. The van der Waals surface area contributed by atoms with Gasteiger partial charge >= 0.3 is 6.55 Å². The topological polar surface area (TPSA) is 59.8 Å².